The van der Waals surface area contributed by atoms with Crippen molar-refractivity contribution in [2.75, 3.05) is 12.3 Å². The van der Waals surface area contributed by atoms with Crippen LogP contribution in [0.2, 0.25) is 0 Å². The molecule has 0 unspecified atom stereocenters. The molecule has 6 heteroatoms. The van der Waals surface area contributed by atoms with Crippen molar-refractivity contribution in [3.63, 3.8) is 0 Å². The van der Waals surface area contributed by atoms with Crippen LogP contribution in [-0.4, -0.2) is 35.7 Å². The van der Waals surface area contributed by atoms with E-state index in [1.165, 1.54) is 13.8 Å². The Labute approximate surface area is 122 Å². The smallest absolute Gasteiger partial charge is 0.258 e. The molecule has 1 saturated heterocycles. The van der Waals surface area contributed by atoms with Crippen molar-refractivity contribution in [1.29, 1.82) is 0 Å². The molecule has 1 rings (SSSR count). The zero-order chi connectivity index (χ0) is 14.9. The van der Waals surface area contributed by atoms with Crippen LogP contribution in [0.15, 0.2) is 0 Å². The monoisotopic (exact) mass is 307 g/mol. The van der Waals surface area contributed by atoms with Gasteiger partial charge in [0.2, 0.25) is 0 Å². The fourth-order valence-corrected chi connectivity index (χ4v) is 4.83. The van der Waals surface area contributed by atoms with Crippen LogP contribution in [0, 0.1) is 5.41 Å². The fraction of sp³-hybridized carbons (Fsp3) is 0.923. The molecule has 0 aromatic heterocycles. The highest BCUT2D eigenvalue weighted by atomic mass is 32.2. The topological polar surface area (TPSA) is 54.5 Å². The average Bonchev–Trinajstić information content (AvgIpc) is 2.35. The van der Waals surface area contributed by atoms with Gasteiger partial charge in [-0.05, 0) is 37.9 Å². The maximum absolute atomic E-state index is 12.2. The first-order valence-electron chi connectivity index (χ1n) is 6.86. The van der Waals surface area contributed by atoms with Crippen LogP contribution in [0.3, 0.4) is 0 Å². The van der Waals surface area contributed by atoms with Crippen LogP contribution in [0.5, 0.6) is 0 Å². The van der Waals surface area contributed by atoms with Gasteiger partial charge in [0.1, 0.15) is 0 Å². The lowest BCUT2D eigenvalue weighted by atomic mass is 9.80. The molecule has 1 aliphatic rings. The van der Waals surface area contributed by atoms with Gasteiger partial charge >= 0.3 is 0 Å². The molecule has 0 N–H and O–H groups in total. The Morgan fingerprint density at radius 3 is 2.00 bits per heavy atom. The van der Waals surface area contributed by atoms with Crippen LogP contribution in [0.25, 0.3) is 0 Å². The second-order valence-electron chi connectivity index (χ2n) is 5.99. The number of hydrogen-bond acceptors (Lipinski definition) is 4. The zero-order valence-electron chi connectivity index (χ0n) is 12.3. The van der Waals surface area contributed by atoms with Crippen molar-refractivity contribution in [2.24, 2.45) is 5.41 Å². The Morgan fingerprint density at radius 2 is 1.68 bits per heavy atom. The molecule has 1 fully saturated rings. The molecule has 0 aromatic carbocycles. The third kappa shape index (κ3) is 2.66. The summed E-state index contributed by atoms with van der Waals surface area (Å²) < 4.78 is 24.1. The molecule has 1 aliphatic heterocycles. The minimum atomic E-state index is -3.48. The molecule has 0 bridgehead atoms. The summed E-state index contributed by atoms with van der Waals surface area (Å²) >= 11 is 4.40. The predicted octanol–water partition coefficient (Wildman–Crippen LogP) is 2.45. The summed E-state index contributed by atoms with van der Waals surface area (Å²) in [6, 6.07) is 0. The molecule has 1 amide bonds. The highest BCUT2D eigenvalue weighted by molar-refractivity contribution is 7.94. The van der Waals surface area contributed by atoms with Gasteiger partial charge in [-0.25, -0.2) is 12.7 Å². The summed E-state index contributed by atoms with van der Waals surface area (Å²) in [6.07, 6.45) is 3.71. The van der Waals surface area contributed by atoms with Crippen molar-refractivity contribution in [2.45, 2.75) is 58.1 Å². The van der Waals surface area contributed by atoms with Crippen LogP contribution in [0.4, 0.5) is 0 Å². The molecule has 112 valence electrons. The third-order valence-electron chi connectivity index (χ3n) is 4.05. The van der Waals surface area contributed by atoms with E-state index in [2.05, 4.69) is 26.5 Å². The summed E-state index contributed by atoms with van der Waals surface area (Å²) in [7, 11) is -3.48. The van der Waals surface area contributed by atoms with E-state index >= 15 is 0 Å². The maximum Gasteiger partial charge on any atom is 0.258 e. The average molecular weight is 307 g/mol. The van der Waals surface area contributed by atoms with Gasteiger partial charge in [0.25, 0.3) is 15.9 Å². The first-order valence-corrected chi connectivity index (χ1v) is 8.93. The van der Waals surface area contributed by atoms with E-state index in [-0.39, 0.29) is 17.9 Å². The number of nitrogens with zero attached hydrogens (tertiary/aromatic N) is 1. The largest absolute Gasteiger partial charge is 0.272 e. The maximum atomic E-state index is 12.2. The second-order valence-corrected chi connectivity index (χ2v) is 8.71. The third-order valence-corrected chi connectivity index (χ3v) is 7.06. The highest BCUT2D eigenvalue weighted by Crippen LogP contribution is 2.40. The summed E-state index contributed by atoms with van der Waals surface area (Å²) in [5, 5.41) is 0. The molecule has 0 aliphatic carbocycles. The Morgan fingerprint density at radius 1 is 1.21 bits per heavy atom. The van der Waals surface area contributed by atoms with Gasteiger partial charge in [0.05, 0.1) is 0 Å². The summed E-state index contributed by atoms with van der Waals surface area (Å²) in [5.41, 5.74) is -0.189. The van der Waals surface area contributed by atoms with Gasteiger partial charge in [0.15, 0.2) is 4.75 Å². The van der Waals surface area contributed by atoms with Crippen molar-refractivity contribution >= 4 is 28.6 Å². The molecular weight excluding hydrogens is 282 g/mol. The normalized spacial score (nSPS) is 21.3. The minimum absolute atomic E-state index is 0.189. The molecule has 19 heavy (non-hydrogen) atoms. The van der Waals surface area contributed by atoms with Crippen LogP contribution in [-0.2, 0) is 14.8 Å². The van der Waals surface area contributed by atoms with Gasteiger partial charge in [-0.1, -0.05) is 26.7 Å². The van der Waals surface area contributed by atoms with E-state index in [0.717, 1.165) is 30.0 Å². The van der Waals surface area contributed by atoms with E-state index in [1.54, 1.807) is 0 Å². The molecule has 0 radical (unpaired) electrons. The number of carbonyl (C=O) groups is 1. The van der Waals surface area contributed by atoms with Gasteiger partial charge < -0.3 is 0 Å². The van der Waals surface area contributed by atoms with E-state index in [9.17, 15) is 13.2 Å². The summed E-state index contributed by atoms with van der Waals surface area (Å²) in [4.78, 5) is 12.0. The van der Waals surface area contributed by atoms with Crippen LogP contribution < -0.4 is 0 Å². The fourth-order valence-electron chi connectivity index (χ4n) is 2.77. The Balaban J connectivity index is 2.96. The number of hydrogen-bond donors (Lipinski definition) is 1. The molecule has 4 nitrogen and oxygen atoms in total. The number of amides is 1. The SMILES string of the molecule is CCCC(CS)(CCC)CN1C(=O)C(C)(C)S1(=O)=O. The first-order chi connectivity index (χ1) is 8.68. The Kier molecular flexibility index (Phi) is 4.99. The lowest BCUT2D eigenvalue weighted by Gasteiger charge is -2.47. The zero-order valence-corrected chi connectivity index (χ0v) is 14.0. The van der Waals surface area contributed by atoms with Crippen molar-refractivity contribution < 1.29 is 13.2 Å². The summed E-state index contributed by atoms with van der Waals surface area (Å²) in [5.74, 6) is 0.319. The molecule has 0 spiro atoms. The highest BCUT2D eigenvalue weighted by Gasteiger charge is 2.61. The quantitative estimate of drug-likeness (QED) is 0.735. The number of thiol groups is 1. The number of sulfonamides is 1. The number of carbonyl (C=O) groups excluding carboxylic acids is 1. The lowest BCUT2D eigenvalue weighted by molar-refractivity contribution is -0.133. The van der Waals surface area contributed by atoms with E-state index in [0.29, 0.717) is 5.75 Å². The van der Waals surface area contributed by atoms with Crippen LogP contribution >= 0.6 is 12.6 Å². The molecule has 0 atom stereocenters. The van der Waals surface area contributed by atoms with Crippen molar-refractivity contribution in [1.82, 2.24) is 4.31 Å². The summed E-state index contributed by atoms with van der Waals surface area (Å²) in [6.45, 7) is 7.38. The predicted molar refractivity (Wildman–Crippen MR) is 80.8 cm³/mol. The van der Waals surface area contributed by atoms with Gasteiger partial charge in [0, 0.05) is 6.54 Å². The van der Waals surface area contributed by atoms with Crippen molar-refractivity contribution in [3.05, 3.63) is 0 Å². The van der Waals surface area contributed by atoms with Crippen molar-refractivity contribution in [3.8, 4) is 0 Å². The van der Waals surface area contributed by atoms with Gasteiger partial charge in [-0.3, -0.25) is 4.79 Å². The lowest BCUT2D eigenvalue weighted by Crippen LogP contribution is -2.69. The second kappa shape index (κ2) is 5.64. The number of rotatable bonds is 7. The molecule has 0 saturated carbocycles. The molecule has 0 aromatic rings. The Bertz CT molecular complexity index is 437. The van der Waals surface area contributed by atoms with E-state index < -0.39 is 14.8 Å². The Hall–Kier alpha value is -0.230. The van der Waals surface area contributed by atoms with Crippen LogP contribution in [0.1, 0.15) is 53.4 Å². The van der Waals surface area contributed by atoms with E-state index in [1.807, 2.05) is 0 Å². The minimum Gasteiger partial charge on any atom is -0.272 e. The standard InChI is InChI=1S/C13H25NO3S2/c1-5-7-13(10-18,8-6-2)9-14-11(15)12(3,4)19(14,16)17/h18H,5-10H2,1-4H3. The van der Waals surface area contributed by atoms with E-state index in [4.69, 9.17) is 0 Å². The first kappa shape index (κ1) is 16.8. The van der Waals surface area contributed by atoms with Gasteiger partial charge in [-0.15, -0.1) is 0 Å². The van der Waals surface area contributed by atoms with Gasteiger partial charge in [-0.2, -0.15) is 12.6 Å². The molecular formula is C13H25NO3S2. The molecule has 1 heterocycles.